The van der Waals surface area contributed by atoms with Crippen molar-refractivity contribution >= 4 is 23.4 Å². The predicted molar refractivity (Wildman–Crippen MR) is 98.1 cm³/mol. The third-order valence-electron chi connectivity index (χ3n) is 3.57. The summed E-state index contributed by atoms with van der Waals surface area (Å²) in [7, 11) is 2.03. The standard InChI is InChI=1S/C18H18ClN3OS/c1-22(11-13-6-8-16(24-2)9-7-13)12-17-20-18(21-23-17)14-4-3-5-15(19)10-14/h3-10H,11-12H2,1-2H3. The lowest BCUT2D eigenvalue weighted by Crippen LogP contribution is -2.17. The zero-order valence-electron chi connectivity index (χ0n) is 13.6. The second-order valence-electron chi connectivity index (χ2n) is 5.54. The van der Waals surface area contributed by atoms with Crippen molar-refractivity contribution in [1.82, 2.24) is 15.0 Å². The molecule has 0 spiro atoms. The summed E-state index contributed by atoms with van der Waals surface area (Å²) in [6.45, 7) is 1.42. The van der Waals surface area contributed by atoms with Gasteiger partial charge < -0.3 is 4.52 Å². The van der Waals surface area contributed by atoms with E-state index in [0.29, 0.717) is 23.3 Å². The minimum atomic E-state index is 0.560. The van der Waals surface area contributed by atoms with Crippen LogP contribution in [0.4, 0.5) is 0 Å². The maximum Gasteiger partial charge on any atom is 0.241 e. The van der Waals surface area contributed by atoms with Gasteiger partial charge >= 0.3 is 0 Å². The highest BCUT2D eigenvalue weighted by molar-refractivity contribution is 7.98. The van der Waals surface area contributed by atoms with Gasteiger partial charge in [-0.3, -0.25) is 4.90 Å². The normalized spacial score (nSPS) is 11.2. The average Bonchev–Trinajstić information content (AvgIpc) is 3.04. The van der Waals surface area contributed by atoms with Crippen LogP contribution in [0.1, 0.15) is 11.5 Å². The van der Waals surface area contributed by atoms with Gasteiger partial charge in [0.05, 0.1) is 6.54 Å². The molecule has 3 rings (SSSR count). The van der Waals surface area contributed by atoms with E-state index in [4.69, 9.17) is 16.1 Å². The van der Waals surface area contributed by atoms with Crippen LogP contribution in [0.2, 0.25) is 5.02 Å². The first-order valence-corrected chi connectivity index (χ1v) is 9.14. The Morgan fingerprint density at radius 2 is 1.92 bits per heavy atom. The lowest BCUT2D eigenvalue weighted by Gasteiger charge is -2.14. The van der Waals surface area contributed by atoms with Crippen molar-refractivity contribution in [2.75, 3.05) is 13.3 Å². The topological polar surface area (TPSA) is 42.2 Å². The Hall–Kier alpha value is -1.82. The fraction of sp³-hybridized carbons (Fsp3) is 0.222. The average molecular weight is 360 g/mol. The van der Waals surface area contributed by atoms with Crippen LogP contribution in [0.5, 0.6) is 0 Å². The highest BCUT2D eigenvalue weighted by atomic mass is 35.5. The molecule has 24 heavy (non-hydrogen) atoms. The molecule has 124 valence electrons. The molecule has 0 atom stereocenters. The number of rotatable bonds is 6. The third-order valence-corrected chi connectivity index (χ3v) is 4.55. The molecule has 1 aromatic heterocycles. The first-order valence-electron chi connectivity index (χ1n) is 7.54. The molecule has 0 fully saturated rings. The van der Waals surface area contributed by atoms with E-state index < -0.39 is 0 Å². The molecule has 0 N–H and O–H groups in total. The summed E-state index contributed by atoms with van der Waals surface area (Å²) in [5, 5.41) is 4.69. The van der Waals surface area contributed by atoms with E-state index in [1.54, 1.807) is 11.8 Å². The fourth-order valence-electron chi connectivity index (χ4n) is 2.39. The number of hydrogen-bond acceptors (Lipinski definition) is 5. The number of benzene rings is 2. The Balaban J connectivity index is 1.63. The van der Waals surface area contributed by atoms with Crippen molar-refractivity contribution in [3.8, 4) is 11.4 Å². The van der Waals surface area contributed by atoms with Gasteiger partial charge in [-0.2, -0.15) is 4.98 Å². The first kappa shape index (κ1) is 17.0. The van der Waals surface area contributed by atoms with Crippen LogP contribution in [0, 0.1) is 0 Å². The largest absolute Gasteiger partial charge is 0.338 e. The molecule has 0 saturated heterocycles. The van der Waals surface area contributed by atoms with Gasteiger partial charge in [0.1, 0.15) is 0 Å². The van der Waals surface area contributed by atoms with Crippen molar-refractivity contribution < 1.29 is 4.52 Å². The van der Waals surface area contributed by atoms with Crippen LogP contribution in [-0.2, 0) is 13.1 Å². The number of thioether (sulfide) groups is 1. The molecular formula is C18H18ClN3OS. The summed E-state index contributed by atoms with van der Waals surface area (Å²) in [5.41, 5.74) is 2.11. The molecule has 0 aliphatic rings. The van der Waals surface area contributed by atoms with E-state index in [1.807, 2.05) is 31.3 Å². The molecule has 4 nitrogen and oxygen atoms in total. The van der Waals surface area contributed by atoms with Crippen LogP contribution in [0.25, 0.3) is 11.4 Å². The zero-order valence-corrected chi connectivity index (χ0v) is 15.1. The smallest absolute Gasteiger partial charge is 0.241 e. The van der Waals surface area contributed by atoms with Crippen molar-refractivity contribution in [2.24, 2.45) is 0 Å². The molecule has 0 amide bonds. The molecule has 3 aromatic rings. The van der Waals surface area contributed by atoms with Gasteiger partial charge in [0, 0.05) is 22.0 Å². The lowest BCUT2D eigenvalue weighted by molar-refractivity contribution is 0.261. The van der Waals surface area contributed by atoms with Crippen LogP contribution in [0.3, 0.4) is 0 Å². The number of aromatic nitrogens is 2. The summed E-state index contributed by atoms with van der Waals surface area (Å²) in [5.74, 6) is 1.15. The van der Waals surface area contributed by atoms with Gasteiger partial charge in [-0.15, -0.1) is 11.8 Å². The number of nitrogens with zero attached hydrogens (tertiary/aromatic N) is 3. The molecule has 0 unspecified atom stereocenters. The molecule has 0 saturated carbocycles. The summed E-state index contributed by atoms with van der Waals surface area (Å²) < 4.78 is 5.35. The summed E-state index contributed by atoms with van der Waals surface area (Å²) in [6.07, 6.45) is 2.08. The Labute approximate surface area is 150 Å². The van der Waals surface area contributed by atoms with E-state index in [0.717, 1.165) is 12.1 Å². The molecule has 0 bridgehead atoms. The van der Waals surface area contributed by atoms with Gasteiger partial charge in [0.15, 0.2) is 0 Å². The minimum absolute atomic E-state index is 0.560. The van der Waals surface area contributed by atoms with Crippen molar-refractivity contribution in [1.29, 1.82) is 0 Å². The van der Waals surface area contributed by atoms with Gasteiger partial charge in [-0.1, -0.05) is 41.0 Å². The molecule has 1 heterocycles. The van der Waals surface area contributed by atoms with Crippen LogP contribution < -0.4 is 0 Å². The summed E-state index contributed by atoms with van der Waals surface area (Å²) in [6, 6.07) is 16.0. The predicted octanol–water partition coefficient (Wildman–Crippen LogP) is 4.74. The maximum absolute atomic E-state index is 6.00. The maximum atomic E-state index is 6.00. The van der Waals surface area contributed by atoms with E-state index >= 15 is 0 Å². The minimum Gasteiger partial charge on any atom is -0.338 e. The zero-order chi connectivity index (χ0) is 16.9. The molecule has 2 aromatic carbocycles. The Bertz CT molecular complexity index is 804. The summed E-state index contributed by atoms with van der Waals surface area (Å²) >= 11 is 7.75. The first-order chi connectivity index (χ1) is 11.6. The van der Waals surface area contributed by atoms with Gasteiger partial charge in [-0.25, -0.2) is 0 Å². The Morgan fingerprint density at radius 1 is 1.12 bits per heavy atom. The van der Waals surface area contributed by atoms with Crippen LogP contribution in [0.15, 0.2) is 57.9 Å². The van der Waals surface area contributed by atoms with Crippen molar-refractivity contribution in [3.05, 3.63) is 65.0 Å². The number of hydrogen-bond donors (Lipinski definition) is 0. The van der Waals surface area contributed by atoms with Crippen molar-refractivity contribution in [2.45, 2.75) is 18.0 Å². The fourth-order valence-corrected chi connectivity index (χ4v) is 2.99. The van der Waals surface area contributed by atoms with Crippen LogP contribution >= 0.6 is 23.4 Å². The highest BCUT2D eigenvalue weighted by Crippen LogP contribution is 2.20. The molecule has 0 aliphatic carbocycles. The Morgan fingerprint density at radius 3 is 2.62 bits per heavy atom. The quantitative estimate of drug-likeness (QED) is 0.594. The molecular weight excluding hydrogens is 342 g/mol. The van der Waals surface area contributed by atoms with Gasteiger partial charge in [0.2, 0.25) is 11.7 Å². The number of halogens is 1. The van der Waals surface area contributed by atoms with Gasteiger partial charge in [-0.05, 0) is 43.1 Å². The molecule has 6 heteroatoms. The SMILES string of the molecule is CSc1ccc(CN(C)Cc2nc(-c3cccc(Cl)c3)no2)cc1. The Kier molecular flexibility index (Phi) is 5.56. The van der Waals surface area contributed by atoms with E-state index in [2.05, 4.69) is 45.6 Å². The van der Waals surface area contributed by atoms with E-state index in [-0.39, 0.29) is 0 Å². The van der Waals surface area contributed by atoms with Gasteiger partial charge in [0.25, 0.3) is 0 Å². The molecule has 0 aliphatic heterocycles. The summed E-state index contributed by atoms with van der Waals surface area (Å²) in [4.78, 5) is 7.86. The van der Waals surface area contributed by atoms with E-state index in [1.165, 1.54) is 10.5 Å². The molecule has 0 radical (unpaired) electrons. The van der Waals surface area contributed by atoms with Crippen LogP contribution in [-0.4, -0.2) is 28.3 Å². The van der Waals surface area contributed by atoms with Crippen molar-refractivity contribution in [3.63, 3.8) is 0 Å². The highest BCUT2D eigenvalue weighted by Gasteiger charge is 2.11. The second kappa shape index (κ2) is 7.83. The second-order valence-corrected chi connectivity index (χ2v) is 6.86. The lowest BCUT2D eigenvalue weighted by atomic mass is 10.2. The third kappa shape index (κ3) is 4.38. The monoisotopic (exact) mass is 359 g/mol. The van der Waals surface area contributed by atoms with E-state index in [9.17, 15) is 0 Å².